The Bertz CT molecular complexity index is 560. The van der Waals surface area contributed by atoms with Crippen molar-refractivity contribution in [1.82, 2.24) is 9.80 Å². The van der Waals surface area contributed by atoms with Gasteiger partial charge >= 0.3 is 0 Å². The van der Waals surface area contributed by atoms with Crippen LogP contribution in [0.3, 0.4) is 0 Å². The zero-order chi connectivity index (χ0) is 17.7. The van der Waals surface area contributed by atoms with E-state index in [-0.39, 0.29) is 11.8 Å². The number of nitrogens with zero attached hydrogens (tertiary/aromatic N) is 2. The summed E-state index contributed by atoms with van der Waals surface area (Å²) in [6.07, 6.45) is 2.05. The molecule has 2 amide bonds. The average molecular weight is 330 g/mol. The van der Waals surface area contributed by atoms with Crippen molar-refractivity contribution in [2.75, 3.05) is 19.6 Å². The first-order valence-electron chi connectivity index (χ1n) is 8.99. The molecule has 0 bridgehead atoms. The van der Waals surface area contributed by atoms with Gasteiger partial charge in [-0.25, -0.2) is 0 Å². The quantitative estimate of drug-likeness (QED) is 0.777. The van der Waals surface area contributed by atoms with Gasteiger partial charge in [-0.15, -0.1) is 0 Å². The van der Waals surface area contributed by atoms with Crippen LogP contribution in [0.4, 0.5) is 0 Å². The van der Waals surface area contributed by atoms with Gasteiger partial charge in [0.15, 0.2) is 0 Å². The summed E-state index contributed by atoms with van der Waals surface area (Å²) in [6, 6.07) is 9.93. The highest BCUT2D eigenvalue weighted by Gasteiger charge is 2.42. The molecule has 4 heteroatoms. The Hall–Kier alpha value is -1.84. The highest BCUT2D eigenvalue weighted by atomic mass is 16.2. The summed E-state index contributed by atoms with van der Waals surface area (Å²) in [6.45, 7) is 10.4. The van der Waals surface area contributed by atoms with E-state index in [2.05, 4.69) is 6.92 Å². The topological polar surface area (TPSA) is 40.6 Å². The molecule has 0 N–H and O–H groups in total. The van der Waals surface area contributed by atoms with E-state index in [4.69, 9.17) is 0 Å². The first-order valence-corrected chi connectivity index (χ1v) is 8.99. The van der Waals surface area contributed by atoms with Crippen LogP contribution in [0.2, 0.25) is 0 Å². The molecule has 0 unspecified atom stereocenters. The molecular formula is C20H30N2O2. The van der Waals surface area contributed by atoms with Gasteiger partial charge in [0.1, 0.15) is 5.41 Å². The van der Waals surface area contributed by atoms with Crippen molar-refractivity contribution < 1.29 is 9.59 Å². The van der Waals surface area contributed by atoms with Crippen LogP contribution in [0, 0.1) is 11.3 Å². The van der Waals surface area contributed by atoms with Gasteiger partial charge in [-0.1, -0.05) is 37.3 Å². The predicted octanol–water partition coefficient (Wildman–Crippen LogP) is 3.32. The van der Waals surface area contributed by atoms with Crippen molar-refractivity contribution in [3.63, 3.8) is 0 Å². The zero-order valence-electron chi connectivity index (χ0n) is 15.4. The minimum atomic E-state index is -1.01. The number of carbonyl (C=O) groups excluding carboxylic acids is 2. The number of amides is 2. The maximum Gasteiger partial charge on any atom is 0.237 e. The van der Waals surface area contributed by atoms with E-state index < -0.39 is 5.41 Å². The normalized spacial score (nSPS) is 16.1. The monoisotopic (exact) mass is 330 g/mol. The number of hydrogen-bond acceptors (Lipinski definition) is 2. The second-order valence-electron chi connectivity index (χ2n) is 7.40. The van der Waals surface area contributed by atoms with E-state index >= 15 is 0 Å². The lowest BCUT2D eigenvalue weighted by Gasteiger charge is -2.37. The summed E-state index contributed by atoms with van der Waals surface area (Å²) >= 11 is 0. The van der Waals surface area contributed by atoms with E-state index in [0.717, 1.165) is 31.5 Å². The lowest BCUT2D eigenvalue weighted by molar-refractivity contribution is -0.155. The zero-order valence-corrected chi connectivity index (χ0v) is 15.4. The first-order chi connectivity index (χ1) is 11.4. The summed E-state index contributed by atoms with van der Waals surface area (Å²) < 4.78 is 0. The second-order valence-corrected chi connectivity index (χ2v) is 7.40. The maximum atomic E-state index is 13.0. The van der Waals surface area contributed by atoms with Crippen molar-refractivity contribution in [3.8, 4) is 0 Å². The van der Waals surface area contributed by atoms with Crippen molar-refractivity contribution in [1.29, 1.82) is 0 Å². The summed E-state index contributed by atoms with van der Waals surface area (Å²) in [5.41, 5.74) is 0.0773. The highest BCUT2D eigenvalue weighted by Crippen LogP contribution is 2.26. The average Bonchev–Trinajstić information content (AvgIpc) is 2.60. The minimum absolute atomic E-state index is 0.0362. The molecule has 1 saturated heterocycles. The third-order valence-electron chi connectivity index (χ3n) is 5.03. The van der Waals surface area contributed by atoms with Gasteiger partial charge in [0, 0.05) is 26.2 Å². The van der Waals surface area contributed by atoms with Crippen LogP contribution in [-0.4, -0.2) is 41.2 Å². The summed E-state index contributed by atoms with van der Waals surface area (Å²) in [5.74, 6) is 0.543. The molecule has 24 heavy (non-hydrogen) atoms. The Kier molecular flexibility index (Phi) is 6.03. The third kappa shape index (κ3) is 4.16. The Morgan fingerprint density at radius 3 is 2.29 bits per heavy atom. The molecule has 2 rings (SSSR count). The van der Waals surface area contributed by atoms with Gasteiger partial charge in [0.25, 0.3) is 0 Å². The Morgan fingerprint density at radius 1 is 1.17 bits per heavy atom. The third-order valence-corrected chi connectivity index (χ3v) is 5.03. The molecule has 1 aromatic rings. The number of benzene rings is 1. The fourth-order valence-electron chi connectivity index (χ4n) is 3.22. The second kappa shape index (κ2) is 7.82. The van der Waals surface area contributed by atoms with Crippen molar-refractivity contribution in [2.24, 2.45) is 11.3 Å². The summed E-state index contributed by atoms with van der Waals surface area (Å²) in [4.78, 5) is 29.6. The molecular weight excluding hydrogens is 300 g/mol. The van der Waals surface area contributed by atoms with Gasteiger partial charge < -0.3 is 9.80 Å². The molecule has 1 aliphatic heterocycles. The lowest BCUT2D eigenvalue weighted by Crippen LogP contribution is -2.52. The van der Waals surface area contributed by atoms with E-state index in [1.54, 1.807) is 18.7 Å². The fourth-order valence-corrected chi connectivity index (χ4v) is 3.22. The van der Waals surface area contributed by atoms with Crippen LogP contribution in [0.15, 0.2) is 30.3 Å². The van der Waals surface area contributed by atoms with Crippen LogP contribution in [0.5, 0.6) is 0 Å². The van der Waals surface area contributed by atoms with Crippen molar-refractivity contribution >= 4 is 11.8 Å². The molecule has 1 aromatic carbocycles. The SMILES string of the molecule is CCN(Cc1ccccc1)C(=O)C(C)(C)C(=O)N1CCC(C)CC1. The Balaban J connectivity index is 2.08. The van der Waals surface area contributed by atoms with Gasteiger partial charge in [-0.3, -0.25) is 9.59 Å². The van der Waals surface area contributed by atoms with Crippen LogP contribution < -0.4 is 0 Å². The molecule has 0 aliphatic carbocycles. The van der Waals surface area contributed by atoms with Gasteiger partial charge in [-0.2, -0.15) is 0 Å². The molecule has 0 aromatic heterocycles. The molecule has 0 radical (unpaired) electrons. The molecule has 4 nitrogen and oxygen atoms in total. The molecule has 1 fully saturated rings. The van der Waals surface area contributed by atoms with E-state index in [1.165, 1.54) is 0 Å². The van der Waals surface area contributed by atoms with Crippen LogP contribution in [0.1, 0.15) is 46.1 Å². The van der Waals surface area contributed by atoms with Crippen LogP contribution in [-0.2, 0) is 16.1 Å². The number of carbonyl (C=O) groups is 2. The fraction of sp³-hybridized carbons (Fsp3) is 0.600. The van der Waals surface area contributed by atoms with E-state index in [0.29, 0.717) is 19.0 Å². The maximum absolute atomic E-state index is 13.0. The van der Waals surface area contributed by atoms with E-state index in [1.807, 2.05) is 42.2 Å². The number of piperidine rings is 1. The number of likely N-dealkylation sites (tertiary alicyclic amines) is 1. The van der Waals surface area contributed by atoms with Gasteiger partial charge in [0.05, 0.1) is 0 Å². The summed E-state index contributed by atoms with van der Waals surface area (Å²) in [7, 11) is 0. The standard InChI is InChI=1S/C20H30N2O2/c1-5-21(15-17-9-7-6-8-10-17)18(23)20(3,4)19(24)22-13-11-16(2)12-14-22/h6-10,16H,5,11-15H2,1-4H3. The molecule has 0 atom stereocenters. The Morgan fingerprint density at radius 2 is 1.75 bits per heavy atom. The summed E-state index contributed by atoms with van der Waals surface area (Å²) in [5, 5.41) is 0. The molecule has 1 heterocycles. The molecule has 132 valence electrons. The number of rotatable bonds is 5. The molecule has 0 spiro atoms. The minimum Gasteiger partial charge on any atom is -0.342 e. The van der Waals surface area contributed by atoms with Crippen LogP contribution >= 0.6 is 0 Å². The molecule has 1 aliphatic rings. The van der Waals surface area contributed by atoms with Gasteiger partial charge in [-0.05, 0) is 45.1 Å². The van der Waals surface area contributed by atoms with E-state index in [9.17, 15) is 9.59 Å². The van der Waals surface area contributed by atoms with Crippen molar-refractivity contribution in [3.05, 3.63) is 35.9 Å². The predicted molar refractivity (Wildman–Crippen MR) is 96.3 cm³/mol. The number of hydrogen-bond donors (Lipinski definition) is 0. The lowest BCUT2D eigenvalue weighted by atomic mass is 9.87. The largest absolute Gasteiger partial charge is 0.342 e. The smallest absolute Gasteiger partial charge is 0.237 e. The molecule has 0 saturated carbocycles. The van der Waals surface area contributed by atoms with Crippen LogP contribution in [0.25, 0.3) is 0 Å². The van der Waals surface area contributed by atoms with Crippen molar-refractivity contribution in [2.45, 2.75) is 47.1 Å². The first kappa shape index (κ1) is 18.5. The highest BCUT2D eigenvalue weighted by molar-refractivity contribution is 6.04. The van der Waals surface area contributed by atoms with Gasteiger partial charge in [0.2, 0.25) is 11.8 Å². The Labute approximate surface area is 145 Å².